The van der Waals surface area contributed by atoms with E-state index in [9.17, 15) is 9.18 Å². The van der Waals surface area contributed by atoms with Crippen LogP contribution >= 0.6 is 0 Å². The number of hydrogen-bond donors (Lipinski definition) is 0. The Kier molecular flexibility index (Phi) is 5.27. The maximum Gasteiger partial charge on any atom is 0.222 e. The van der Waals surface area contributed by atoms with Gasteiger partial charge in [-0.25, -0.2) is 9.37 Å². The fourth-order valence-corrected chi connectivity index (χ4v) is 1.91. The summed E-state index contributed by atoms with van der Waals surface area (Å²) in [6.45, 7) is 1.79. The second-order valence-electron chi connectivity index (χ2n) is 5.28. The van der Waals surface area contributed by atoms with Gasteiger partial charge in [0.1, 0.15) is 29.5 Å². The molecule has 0 atom stereocenters. The van der Waals surface area contributed by atoms with Gasteiger partial charge in [0.2, 0.25) is 11.7 Å². The van der Waals surface area contributed by atoms with E-state index < -0.39 is 5.82 Å². The summed E-state index contributed by atoms with van der Waals surface area (Å²) in [6, 6.07) is 10.5. The van der Waals surface area contributed by atoms with Gasteiger partial charge in [-0.1, -0.05) is 6.07 Å². The zero-order valence-electron chi connectivity index (χ0n) is 13.6. The van der Waals surface area contributed by atoms with Gasteiger partial charge in [-0.15, -0.1) is 0 Å². The van der Waals surface area contributed by atoms with Crippen molar-refractivity contribution in [3.63, 3.8) is 0 Å². The molecule has 1 aromatic carbocycles. The summed E-state index contributed by atoms with van der Waals surface area (Å²) in [5.74, 6) is -0.472. The molecule has 0 aliphatic carbocycles. The van der Waals surface area contributed by atoms with E-state index in [2.05, 4.69) is 4.98 Å². The van der Waals surface area contributed by atoms with E-state index in [0.29, 0.717) is 5.56 Å². The molecule has 24 heavy (non-hydrogen) atoms. The number of aromatic nitrogens is 1. The molecule has 0 aliphatic rings. The summed E-state index contributed by atoms with van der Waals surface area (Å²) in [5, 5.41) is 8.90. The Hall–Kier alpha value is -3.20. The SMILES string of the molecule is Cc1ccc(C#N)nc1OC=C(C(=O)c1ccc(F)cc1)N(C)C. The predicted molar refractivity (Wildman–Crippen MR) is 86.8 cm³/mol. The summed E-state index contributed by atoms with van der Waals surface area (Å²) in [4.78, 5) is 18.2. The first-order valence-corrected chi connectivity index (χ1v) is 7.14. The van der Waals surface area contributed by atoms with Crippen LogP contribution < -0.4 is 4.74 Å². The lowest BCUT2D eigenvalue weighted by Crippen LogP contribution is -2.20. The van der Waals surface area contributed by atoms with Crippen molar-refractivity contribution in [2.75, 3.05) is 14.1 Å². The molecule has 0 fully saturated rings. The predicted octanol–water partition coefficient (Wildman–Crippen LogP) is 3.07. The van der Waals surface area contributed by atoms with Crippen molar-refractivity contribution < 1.29 is 13.9 Å². The molecule has 0 spiro atoms. The van der Waals surface area contributed by atoms with Gasteiger partial charge in [-0.05, 0) is 37.3 Å². The molecule has 0 saturated heterocycles. The number of nitrogens with zero attached hydrogens (tertiary/aromatic N) is 3. The van der Waals surface area contributed by atoms with Crippen LogP contribution in [0.4, 0.5) is 4.39 Å². The maximum atomic E-state index is 13.0. The maximum absolute atomic E-state index is 13.0. The van der Waals surface area contributed by atoms with Gasteiger partial charge < -0.3 is 9.64 Å². The number of hydrogen-bond acceptors (Lipinski definition) is 5. The van der Waals surface area contributed by atoms with Crippen LogP contribution in [0.25, 0.3) is 0 Å². The van der Waals surface area contributed by atoms with Crippen LogP contribution in [0.2, 0.25) is 0 Å². The lowest BCUT2D eigenvalue weighted by atomic mass is 10.1. The Bertz CT molecular complexity index is 821. The summed E-state index contributed by atoms with van der Waals surface area (Å²) < 4.78 is 18.5. The van der Waals surface area contributed by atoms with Crippen LogP contribution in [-0.4, -0.2) is 29.8 Å². The van der Waals surface area contributed by atoms with Crippen molar-refractivity contribution in [1.82, 2.24) is 9.88 Å². The number of carbonyl (C=O) groups is 1. The monoisotopic (exact) mass is 325 g/mol. The summed E-state index contributed by atoms with van der Waals surface area (Å²) in [7, 11) is 3.39. The highest BCUT2D eigenvalue weighted by Gasteiger charge is 2.15. The Balaban J connectivity index is 2.31. The van der Waals surface area contributed by atoms with Crippen molar-refractivity contribution in [2.24, 2.45) is 0 Å². The molecule has 1 heterocycles. The number of ether oxygens (including phenoxy) is 1. The number of benzene rings is 1. The molecule has 0 amide bonds. The molecule has 1 aromatic heterocycles. The van der Waals surface area contributed by atoms with Gasteiger partial charge in [0, 0.05) is 25.2 Å². The second kappa shape index (κ2) is 7.38. The minimum absolute atomic E-state index is 0.222. The number of aryl methyl sites for hydroxylation is 1. The van der Waals surface area contributed by atoms with Gasteiger partial charge in [0.25, 0.3) is 0 Å². The first kappa shape index (κ1) is 17.2. The van der Waals surface area contributed by atoms with E-state index in [-0.39, 0.29) is 23.1 Å². The van der Waals surface area contributed by atoms with Gasteiger partial charge in [0.05, 0.1) is 0 Å². The average Bonchev–Trinajstić information content (AvgIpc) is 2.56. The van der Waals surface area contributed by atoms with E-state index in [1.165, 1.54) is 30.5 Å². The number of allylic oxidation sites excluding steroid dienone is 1. The molecule has 122 valence electrons. The van der Waals surface area contributed by atoms with Crippen LogP contribution in [0, 0.1) is 24.1 Å². The summed E-state index contributed by atoms with van der Waals surface area (Å²) >= 11 is 0. The minimum atomic E-state index is -0.411. The fourth-order valence-electron chi connectivity index (χ4n) is 1.91. The van der Waals surface area contributed by atoms with Crippen LogP contribution in [0.1, 0.15) is 21.6 Å². The highest BCUT2D eigenvalue weighted by molar-refractivity contribution is 6.08. The van der Waals surface area contributed by atoms with Crippen LogP contribution in [0.3, 0.4) is 0 Å². The molecule has 0 saturated carbocycles. The van der Waals surface area contributed by atoms with Crippen molar-refractivity contribution in [3.05, 3.63) is 71.0 Å². The van der Waals surface area contributed by atoms with Gasteiger partial charge in [-0.3, -0.25) is 4.79 Å². The van der Waals surface area contributed by atoms with E-state index >= 15 is 0 Å². The number of ketones is 1. The molecule has 6 heteroatoms. The van der Waals surface area contributed by atoms with E-state index in [1.54, 1.807) is 38.1 Å². The molecule has 0 bridgehead atoms. The highest BCUT2D eigenvalue weighted by Crippen LogP contribution is 2.17. The van der Waals surface area contributed by atoms with Crippen molar-refractivity contribution in [3.8, 4) is 11.9 Å². The third-order valence-corrected chi connectivity index (χ3v) is 3.27. The first-order valence-electron chi connectivity index (χ1n) is 7.14. The minimum Gasteiger partial charge on any atom is -0.444 e. The summed E-state index contributed by atoms with van der Waals surface area (Å²) in [5.41, 5.74) is 1.57. The molecule has 2 aromatic rings. The van der Waals surface area contributed by atoms with Crippen molar-refractivity contribution >= 4 is 5.78 Å². The Morgan fingerprint density at radius 3 is 2.50 bits per heavy atom. The fraction of sp³-hybridized carbons (Fsp3) is 0.167. The third-order valence-electron chi connectivity index (χ3n) is 3.27. The number of carbonyl (C=O) groups excluding carboxylic acids is 1. The second-order valence-corrected chi connectivity index (χ2v) is 5.28. The summed E-state index contributed by atoms with van der Waals surface area (Å²) in [6.07, 6.45) is 1.28. The normalized spacial score (nSPS) is 10.9. The van der Waals surface area contributed by atoms with E-state index in [0.717, 1.165) is 5.56 Å². The molecular weight excluding hydrogens is 309 g/mol. The Morgan fingerprint density at radius 2 is 1.92 bits per heavy atom. The van der Waals surface area contributed by atoms with Gasteiger partial charge in [-0.2, -0.15) is 5.26 Å². The molecule has 0 aliphatic heterocycles. The molecule has 2 rings (SSSR count). The number of nitriles is 1. The quantitative estimate of drug-likeness (QED) is 0.480. The molecule has 5 nitrogen and oxygen atoms in total. The number of pyridine rings is 1. The zero-order chi connectivity index (χ0) is 17.7. The zero-order valence-corrected chi connectivity index (χ0v) is 13.6. The molecule has 0 N–H and O–H groups in total. The van der Waals surface area contributed by atoms with E-state index in [4.69, 9.17) is 10.00 Å². The van der Waals surface area contributed by atoms with Gasteiger partial charge >= 0.3 is 0 Å². The standard InChI is InChI=1S/C18H16FN3O2/c1-12-4-9-15(10-20)21-18(12)24-11-16(22(2)3)17(23)13-5-7-14(19)8-6-13/h4-9,11H,1-3H3. The lowest BCUT2D eigenvalue weighted by Gasteiger charge is -2.16. The largest absolute Gasteiger partial charge is 0.444 e. The first-order chi connectivity index (χ1) is 11.4. The third kappa shape index (κ3) is 3.96. The number of rotatable bonds is 5. The Morgan fingerprint density at radius 1 is 1.25 bits per heavy atom. The van der Waals surface area contributed by atoms with Crippen LogP contribution in [0.5, 0.6) is 5.88 Å². The van der Waals surface area contributed by atoms with Crippen LogP contribution in [0.15, 0.2) is 48.4 Å². The topological polar surface area (TPSA) is 66.2 Å². The van der Waals surface area contributed by atoms with Crippen molar-refractivity contribution in [1.29, 1.82) is 5.26 Å². The lowest BCUT2D eigenvalue weighted by molar-refractivity contribution is 0.1000. The molecular formula is C18H16FN3O2. The molecule has 0 unspecified atom stereocenters. The number of halogens is 1. The smallest absolute Gasteiger partial charge is 0.222 e. The Labute approximate surface area is 139 Å². The average molecular weight is 325 g/mol. The van der Waals surface area contributed by atoms with Crippen LogP contribution in [-0.2, 0) is 0 Å². The highest BCUT2D eigenvalue weighted by atomic mass is 19.1. The van der Waals surface area contributed by atoms with Gasteiger partial charge in [0.15, 0.2) is 0 Å². The van der Waals surface area contributed by atoms with E-state index in [1.807, 2.05) is 6.07 Å². The number of Topliss-reactive ketones (excluding diaryl/α,β-unsaturated/α-hetero) is 1. The molecule has 0 radical (unpaired) electrons. The van der Waals surface area contributed by atoms with Crippen molar-refractivity contribution in [2.45, 2.75) is 6.92 Å². The number of likely N-dealkylation sites (N-methyl/N-ethyl adjacent to an activating group) is 1.